The predicted octanol–water partition coefficient (Wildman–Crippen LogP) is 3.82. The van der Waals surface area contributed by atoms with Crippen LogP contribution in [0, 0.1) is 0 Å². The Morgan fingerprint density at radius 1 is 1.15 bits per heavy atom. The minimum Gasteiger partial charge on any atom is -0.342 e. The highest BCUT2D eigenvalue weighted by atomic mass is 32.1. The molecule has 1 amide bonds. The van der Waals surface area contributed by atoms with Gasteiger partial charge in [-0.3, -0.25) is 9.69 Å². The molecule has 1 aliphatic rings. The Balaban J connectivity index is 1.67. The summed E-state index contributed by atoms with van der Waals surface area (Å²) >= 11 is 1.84. The number of rotatable bonds is 5. The lowest BCUT2D eigenvalue weighted by Gasteiger charge is -2.29. The molecule has 2 aromatic carbocycles. The van der Waals surface area contributed by atoms with Gasteiger partial charge in [0.15, 0.2) is 0 Å². The van der Waals surface area contributed by atoms with Crippen LogP contribution in [0.3, 0.4) is 0 Å². The van der Waals surface area contributed by atoms with Crippen LogP contribution in [-0.4, -0.2) is 47.4 Å². The Labute approximate surface area is 164 Å². The summed E-state index contributed by atoms with van der Waals surface area (Å²) in [5.41, 5.74) is 7.55. The van der Waals surface area contributed by atoms with Crippen LogP contribution >= 0.6 is 11.3 Å². The van der Waals surface area contributed by atoms with Crippen LogP contribution in [-0.2, 0) is 11.3 Å². The molecule has 1 fully saturated rings. The van der Waals surface area contributed by atoms with Gasteiger partial charge in [0, 0.05) is 52.4 Å². The van der Waals surface area contributed by atoms with Gasteiger partial charge in [-0.1, -0.05) is 36.4 Å². The fourth-order valence-electron chi connectivity index (χ4n) is 4.27. The Morgan fingerprint density at radius 2 is 1.89 bits per heavy atom. The first-order chi connectivity index (χ1) is 13.1. The van der Waals surface area contributed by atoms with Crippen molar-refractivity contribution < 1.29 is 4.79 Å². The molecule has 142 valence electrons. The van der Waals surface area contributed by atoms with E-state index < -0.39 is 0 Å². The van der Waals surface area contributed by atoms with Crippen molar-refractivity contribution >= 4 is 37.4 Å². The maximum atomic E-state index is 13.0. The number of likely N-dealkylation sites (tertiary alicyclic amines) is 1. The van der Waals surface area contributed by atoms with Gasteiger partial charge < -0.3 is 10.6 Å². The molecule has 2 N–H and O–H groups in total. The van der Waals surface area contributed by atoms with Crippen molar-refractivity contribution in [1.29, 1.82) is 0 Å². The van der Waals surface area contributed by atoms with Gasteiger partial charge in [-0.2, -0.15) is 0 Å². The minimum absolute atomic E-state index is 0.0659. The number of carbonyl (C=O) groups is 1. The number of thiophene rings is 1. The molecular formula is C22H27N3OS. The summed E-state index contributed by atoms with van der Waals surface area (Å²) in [4.78, 5) is 17.2. The van der Waals surface area contributed by atoms with E-state index in [0.29, 0.717) is 0 Å². The lowest BCUT2D eigenvalue weighted by Crippen LogP contribution is -2.45. The van der Waals surface area contributed by atoms with Crippen LogP contribution < -0.4 is 5.73 Å². The number of likely N-dealkylation sites (N-methyl/N-ethyl adjacent to an activating group) is 1. The highest BCUT2D eigenvalue weighted by molar-refractivity contribution is 7.26. The van der Waals surface area contributed by atoms with E-state index in [0.717, 1.165) is 32.6 Å². The fourth-order valence-corrected chi connectivity index (χ4v) is 5.47. The summed E-state index contributed by atoms with van der Waals surface area (Å²) in [6.07, 6.45) is 0.748. The maximum Gasteiger partial charge on any atom is 0.239 e. The molecule has 0 bridgehead atoms. The third-order valence-corrected chi connectivity index (χ3v) is 6.92. The van der Waals surface area contributed by atoms with E-state index in [4.69, 9.17) is 5.73 Å². The normalized spacial score (nSPS) is 20.6. The van der Waals surface area contributed by atoms with Crippen LogP contribution in [0.2, 0.25) is 0 Å². The van der Waals surface area contributed by atoms with Gasteiger partial charge in [0.2, 0.25) is 5.91 Å². The molecule has 0 radical (unpaired) electrons. The van der Waals surface area contributed by atoms with Gasteiger partial charge >= 0.3 is 0 Å². The second-order valence-electron chi connectivity index (χ2n) is 7.34. The third kappa shape index (κ3) is 3.35. The molecule has 0 saturated carbocycles. The number of nitrogens with zero attached hydrogens (tertiary/aromatic N) is 2. The number of amides is 1. The van der Waals surface area contributed by atoms with Gasteiger partial charge in [-0.05, 0) is 31.9 Å². The Kier molecular flexibility index (Phi) is 5.17. The first kappa shape index (κ1) is 18.4. The third-order valence-electron chi connectivity index (χ3n) is 5.66. The lowest BCUT2D eigenvalue weighted by molar-refractivity contribution is -0.135. The largest absolute Gasteiger partial charge is 0.342 e. The van der Waals surface area contributed by atoms with E-state index in [1.807, 2.05) is 30.1 Å². The summed E-state index contributed by atoms with van der Waals surface area (Å²) in [6.45, 7) is 7.13. The molecule has 4 rings (SSSR count). The number of hydrogen-bond donors (Lipinski definition) is 1. The zero-order valence-electron chi connectivity index (χ0n) is 16.0. The van der Waals surface area contributed by atoms with Crippen molar-refractivity contribution in [3.63, 3.8) is 0 Å². The topological polar surface area (TPSA) is 49.6 Å². The van der Waals surface area contributed by atoms with E-state index in [1.54, 1.807) is 0 Å². The van der Waals surface area contributed by atoms with Crippen LogP contribution in [0.15, 0.2) is 42.5 Å². The summed E-state index contributed by atoms with van der Waals surface area (Å²) in [6, 6.07) is 15.1. The Morgan fingerprint density at radius 3 is 2.67 bits per heavy atom. The zero-order valence-corrected chi connectivity index (χ0v) is 16.8. The molecule has 2 atom stereocenters. The second kappa shape index (κ2) is 7.58. The summed E-state index contributed by atoms with van der Waals surface area (Å²) < 4.78 is 2.64. The molecule has 1 saturated heterocycles. The van der Waals surface area contributed by atoms with Crippen molar-refractivity contribution in [2.24, 2.45) is 5.73 Å². The number of fused-ring (bicyclic) bond motifs is 3. The monoisotopic (exact) mass is 381 g/mol. The SMILES string of the molecule is CCN(CC)C(=O)[C@@H]1C[C@H](N)CN1Cc1cccc2c1sc1ccccc12. The number of nitrogens with two attached hydrogens (primary N) is 1. The van der Waals surface area contributed by atoms with Crippen LogP contribution in [0.1, 0.15) is 25.8 Å². The van der Waals surface area contributed by atoms with Crippen LogP contribution in [0.4, 0.5) is 0 Å². The molecule has 0 unspecified atom stereocenters. The molecule has 1 aliphatic heterocycles. The van der Waals surface area contributed by atoms with Crippen molar-refractivity contribution in [2.45, 2.75) is 38.9 Å². The smallest absolute Gasteiger partial charge is 0.239 e. The summed E-state index contributed by atoms with van der Waals surface area (Å²) in [5, 5.41) is 2.62. The molecule has 5 heteroatoms. The highest BCUT2D eigenvalue weighted by Gasteiger charge is 2.37. The summed E-state index contributed by atoms with van der Waals surface area (Å²) in [7, 11) is 0. The van der Waals surface area contributed by atoms with Crippen molar-refractivity contribution in [1.82, 2.24) is 9.80 Å². The van der Waals surface area contributed by atoms with E-state index in [1.165, 1.54) is 25.7 Å². The minimum atomic E-state index is -0.107. The van der Waals surface area contributed by atoms with Crippen LogP contribution in [0.5, 0.6) is 0 Å². The molecular weight excluding hydrogens is 354 g/mol. The van der Waals surface area contributed by atoms with Crippen molar-refractivity contribution in [3.05, 3.63) is 48.0 Å². The molecule has 0 aliphatic carbocycles. The van der Waals surface area contributed by atoms with Gasteiger partial charge in [0.1, 0.15) is 0 Å². The van der Waals surface area contributed by atoms with Gasteiger partial charge in [-0.15, -0.1) is 11.3 Å². The van der Waals surface area contributed by atoms with Crippen molar-refractivity contribution in [2.75, 3.05) is 19.6 Å². The predicted molar refractivity (Wildman–Crippen MR) is 114 cm³/mol. The molecule has 3 aromatic rings. The fraction of sp³-hybridized carbons (Fsp3) is 0.409. The zero-order chi connectivity index (χ0) is 19.0. The Hall–Kier alpha value is -1.95. The van der Waals surface area contributed by atoms with E-state index in [9.17, 15) is 4.79 Å². The maximum absolute atomic E-state index is 13.0. The number of carbonyl (C=O) groups excluding carboxylic acids is 1. The average molecular weight is 382 g/mol. The molecule has 27 heavy (non-hydrogen) atoms. The molecule has 0 spiro atoms. The highest BCUT2D eigenvalue weighted by Crippen LogP contribution is 2.36. The van der Waals surface area contributed by atoms with E-state index in [2.05, 4.69) is 47.4 Å². The van der Waals surface area contributed by atoms with E-state index >= 15 is 0 Å². The van der Waals surface area contributed by atoms with Gasteiger partial charge in [-0.25, -0.2) is 0 Å². The van der Waals surface area contributed by atoms with Gasteiger partial charge in [0.25, 0.3) is 0 Å². The molecule has 1 aromatic heterocycles. The van der Waals surface area contributed by atoms with E-state index in [-0.39, 0.29) is 18.0 Å². The average Bonchev–Trinajstić information content (AvgIpc) is 3.23. The first-order valence-corrected chi connectivity index (χ1v) is 10.6. The molecule has 4 nitrogen and oxygen atoms in total. The lowest BCUT2D eigenvalue weighted by atomic mass is 10.1. The van der Waals surface area contributed by atoms with Gasteiger partial charge in [0.05, 0.1) is 6.04 Å². The molecule has 2 heterocycles. The first-order valence-electron chi connectivity index (χ1n) is 9.79. The van der Waals surface area contributed by atoms with Crippen LogP contribution in [0.25, 0.3) is 20.2 Å². The second-order valence-corrected chi connectivity index (χ2v) is 8.40. The number of hydrogen-bond acceptors (Lipinski definition) is 4. The Bertz CT molecular complexity index is 963. The quantitative estimate of drug-likeness (QED) is 0.731. The van der Waals surface area contributed by atoms with Crippen molar-refractivity contribution in [3.8, 4) is 0 Å². The number of benzene rings is 2. The standard InChI is InChI=1S/C22H27N3OS/c1-3-24(4-2)22(26)19-12-16(23)14-25(19)13-15-8-7-10-18-17-9-5-6-11-20(17)27-21(15)18/h5-11,16,19H,3-4,12-14,23H2,1-2H3/t16-,19-/m0/s1. The summed E-state index contributed by atoms with van der Waals surface area (Å²) in [5.74, 6) is 0.219.